The Morgan fingerprint density at radius 1 is 1.07 bits per heavy atom. The number of halogens is 3. The zero-order valence-electron chi connectivity index (χ0n) is 15.5. The molecule has 0 aliphatic heterocycles. The Hall–Kier alpha value is -2.45. The van der Waals surface area contributed by atoms with E-state index in [0.29, 0.717) is 33.7 Å². The van der Waals surface area contributed by atoms with Gasteiger partial charge in [-0.3, -0.25) is 0 Å². The summed E-state index contributed by atoms with van der Waals surface area (Å²) in [5, 5.41) is 10.8. The van der Waals surface area contributed by atoms with Crippen LogP contribution in [0.3, 0.4) is 0 Å². The number of nitriles is 1. The average Bonchev–Trinajstić information content (AvgIpc) is 2.72. The molecule has 0 amide bonds. The fourth-order valence-corrected chi connectivity index (χ4v) is 3.51. The molecule has 0 bridgehead atoms. The molecular weight excluding hydrogens is 473 g/mol. The Balaban J connectivity index is 1.92. The molecule has 0 aliphatic rings. The molecule has 0 radical (unpaired) electrons. The lowest BCUT2D eigenvalue weighted by Gasteiger charge is -2.14. The smallest absolute Gasteiger partial charge is 0.162 e. The van der Waals surface area contributed by atoms with Crippen LogP contribution in [-0.2, 0) is 6.61 Å². The summed E-state index contributed by atoms with van der Waals surface area (Å²) in [6, 6.07) is 20.5. The van der Waals surface area contributed by atoms with Gasteiger partial charge in [0.1, 0.15) is 6.61 Å². The predicted molar refractivity (Wildman–Crippen MR) is 121 cm³/mol. The molecule has 3 rings (SSSR count). The molecule has 0 heterocycles. The summed E-state index contributed by atoms with van der Waals surface area (Å²) in [5.41, 5.74) is 2.89. The van der Waals surface area contributed by atoms with Crippen molar-refractivity contribution in [1.29, 1.82) is 5.26 Å². The summed E-state index contributed by atoms with van der Waals surface area (Å²) < 4.78 is 12.2. The SMILES string of the molecule is COc1cc(/C=C(\C#N)c2cccc(Cl)c2)c(Br)cc1OCc1ccccc1Cl. The molecule has 0 fully saturated rings. The van der Waals surface area contributed by atoms with E-state index in [1.807, 2.05) is 48.5 Å². The van der Waals surface area contributed by atoms with Gasteiger partial charge in [0.05, 0.1) is 18.8 Å². The van der Waals surface area contributed by atoms with Crippen LogP contribution in [0.15, 0.2) is 65.1 Å². The summed E-state index contributed by atoms with van der Waals surface area (Å²) in [6.45, 7) is 0.309. The first kappa shape index (κ1) is 21.3. The Bertz CT molecular complexity index is 1110. The van der Waals surface area contributed by atoms with Crippen molar-refractivity contribution in [3.05, 3.63) is 91.9 Å². The number of methoxy groups -OCH3 is 1. The molecule has 3 aromatic rings. The second-order valence-electron chi connectivity index (χ2n) is 6.08. The number of ether oxygens (including phenoxy) is 2. The van der Waals surface area contributed by atoms with Gasteiger partial charge >= 0.3 is 0 Å². The minimum absolute atomic E-state index is 0.309. The third-order valence-corrected chi connectivity index (χ3v) is 5.47. The van der Waals surface area contributed by atoms with Gasteiger partial charge in [0.25, 0.3) is 0 Å². The van der Waals surface area contributed by atoms with Crippen LogP contribution >= 0.6 is 39.1 Å². The minimum atomic E-state index is 0.309. The molecule has 146 valence electrons. The molecule has 0 saturated carbocycles. The first-order valence-corrected chi connectivity index (χ1v) is 10.2. The number of hydrogen-bond donors (Lipinski definition) is 0. The minimum Gasteiger partial charge on any atom is -0.493 e. The van der Waals surface area contributed by atoms with E-state index in [1.165, 1.54) is 0 Å². The summed E-state index contributed by atoms with van der Waals surface area (Å²) in [6.07, 6.45) is 1.77. The monoisotopic (exact) mass is 487 g/mol. The summed E-state index contributed by atoms with van der Waals surface area (Å²) in [7, 11) is 1.57. The number of rotatable bonds is 6. The largest absolute Gasteiger partial charge is 0.493 e. The van der Waals surface area contributed by atoms with Crippen molar-refractivity contribution in [2.75, 3.05) is 7.11 Å². The third-order valence-electron chi connectivity index (χ3n) is 4.18. The van der Waals surface area contributed by atoms with E-state index in [1.54, 1.807) is 25.3 Å². The maximum absolute atomic E-state index is 9.59. The first-order valence-electron chi connectivity index (χ1n) is 8.63. The lowest BCUT2D eigenvalue weighted by Crippen LogP contribution is -1.99. The number of benzene rings is 3. The summed E-state index contributed by atoms with van der Waals surface area (Å²) in [4.78, 5) is 0. The molecule has 3 nitrogen and oxygen atoms in total. The standard InChI is InChI=1S/C23H16BrCl2NO2/c1-28-22-11-17(9-18(13-27)15-6-4-7-19(25)10-15)20(24)12-23(22)29-14-16-5-2-3-8-21(16)26/h2-12H,14H2,1H3/b18-9+. The van der Waals surface area contributed by atoms with Crippen molar-refractivity contribution in [2.45, 2.75) is 6.61 Å². The molecule has 0 unspecified atom stereocenters. The fourth-order valence-electron chi connectivity index (χ4n) is 2.70. The molecule has 29 heavy (non-hydrogen) atoms. The van der Waals surface area contributed by atoms with Crippen LogP contribution in [0.25, 0.3) is 11.6 Å². The Morgan fingerprint density at radius 2 is 1.86 bits per heavy atom. The van der Waals surface area contributed by atoms with Crippen LogP contribution in [0, 0.1) is 11.3 Å². The Morgan fingerprint density at radius 3 is 2.55 bits per heavy atom. The highest BCUT2D eigenvalue weighted by Crippen LogP contribution is 2.36. The van der Waals surface area contributed by atoms with E-state index >= 15 is 0 Å². The Kier molecular flexibility index (Phi) is 7.22. The molecule has 0 aromatic heterocycles. The topological polar surface area (TPSA) is 42.2 Å². The van der Waals surface area contributed by atoms with Crippen LogP contribution in [0.2, 0.25) is 10.0 Å². The average molecular weight is 489 g/mol. The van der Waals surface area contributed by atoms with E-state index in [4.69, 9.17) is 32.7 Å². The molecule has 0 spiro atoms. The van der Waals surface area contributed by atoms with E-state index in [2.05, 4.69) is 22.0 Å². The highest BCUT2D eigenvalue weighted by atomic mass is 79.9. The zero-order valence-corrected chi connectivity index (χ0v) is 18.6. The van der Waals surface area contributed by atoms with Gasteiger partial charge in [0.15, 0.2) is 11.5 Å². The highest BCUT2D eigenvalue weighted by Gasteiger charge is 2.12. The second kappa shape index (κ2) is 9.84. The van der Waals surface area contributed by atoms with Gasteiger partial charge in [0, 0.05) is 20.1 Å². The van der Waals surface area contributed by atoms with Gasteiger partial charge < -0.3 is 9.47 Å². The van der Waals surface area contributed by atoms with Crippen LogP contribution in [0.5, 0.6) is 11.5 Å². The van der Waals surface area contributed by atoms with Gasteiger partial charge in [0.2, 0.25) is 0 Å². The van der Waals surface area contributed by atoms with Gasteiger partial charge in [-0.1, -0.05) is 69.5 Å². The van der Waals surface area contributed by atoms with Crippen molar-refractivity contribution in [2.24, 2.45) is 0 Å². The fraction of sp³-hybridized carbons (Fsp3) is 0.0870. The van der Waals surface area contributed by atoms with Crippen LogP contribution in [-0.4, -0.2) is 7.11 Å². The van der Waals surface area contributed by atoms with Crippen LogP contribution in [0.1, 0.15) is 16.7 Å². The summed E-state index contributed by atoms with van der Waals surface area (Å²) in [5.74, 6) is 1.12. The number of hydrogen-bond acceptors (Lipinski definition) is 3. The normalized spacial score (nSPS) is 11.1. The third kappa shape index (κ3) is 5.33. The van der Waals surface area contributed by atoms with Gasteiger partial charge in [-0.05, 0) is 47.5 Å². The van der Waals surface area contributed by atoms with Gasteiger partial charge in [-0.25, -0.2) is 0 Å². The van der Waals surface area contributed by atoms with E-state index in [9.17, 15) is 5.26 Å². The molecule has 6 heteroatoms. The highest BCUT2D eigenvalue weighted by molar-refractivity contribution is 9.10. The molecule has 0 aliphatic carbocycles. The van der Waals surface area contributed by atoms with Crippen LogP contribution < -0.4 is 9.47 Å². The molecule has 0 atom stereocenters. The molecule has 0 N–H and O–H groups in total. The van der Waals surface area contributed by atoms with Gasteiger partial charge in [-0.15, -0.1) is 0 Å². The van der Waals surface area contributed by atoms with Crippen molar-refractivity contribution in [3.8, 4) is 17.6 Å². The van der Waals surface area contributed by atoms with Crippen molar-refractivity contribution < 1.29 is 9.47 Å². The number of allylic oxidation sites excluding steroid dienone is 1. The van der Waals surface area contributed by atoms with Gasteiger partial charge in [-0.2, -0.15) is 5.26 Å². The second-order valence-corrected chi connectivity index (χ2v) is 7.78. The lowest BCUT2D eigenvalue weighted by atomic mass is 10.0. The van der Waals surface area contributed by atoms with Crippen molar-refractivity contribution in [3.63, 3.8) is 0 Å². The van der Waals surface area contributed by atoms with Crippen LogP contribution in [0.4, 0.5) is 0 Å². The predicted octanol–water partition coefficient (Wildman–Crippen LogP) is 7.41. The molecule has 0 saturated heterocycles. The Labute approximate surface area is 188 Å². The molecule has 3 aromatic carbocycles. The van der Waals surface area contributed by atoms with E-state index < -0.39 is 0 Å². The number of nitrogens with zero attached hydrogens (tertiary/aromatic N) is 1. The van der Waals surface area contributed by atoms with E-state index in [0.717, 1.165) is 21.2 Å². The maximum Gasteiger partial charge on any atom is 0.162 e. The zero-order chi connectivity index (χ0) is 20.8. The van der Waals surface area contributed by atoms with Crippen molar-refractivity contribution >= 4 is 50.8 Å². The first-order chi connectivity index (χ1) is 14.0. The lowest BCUT2D eigenvalue weighted by molar-refractivity contribution is 0.284. The summed E-state index contributed by atoms with van der Waals surface area (Å²) >= 11 is 15.8. The van der Waals surface area contributed by atoms with Crippen molar-refractivity contribution in [1.82, 2.24) is 0 Å². The maximum atomic E-state index is 9.59. The molecular formula is C23H16BrCl2NO2. The quantitative estimate of drug-likeness (QED) is 0.268. The van der Waals surface area contributed by atoms with E-state index in [-0.39, 0.29) is 0 Å².